The first-order valence-corrected chi connectivity index (χ1v) is 4.52. The molecule has 0 radical (unpaired) electrons. The highest BCUT2D eigenvalue weighted by atomic mass is 15.1. The van der Waals surface area contributed by atoms with Crippen molar-refractivity contribution in [3.05, 3.63) is 36.7 Å². The largest absolute Gasteiger partial charge is 0.351 e. The minimum atomic E-state index is 0.985. The molecule has 14 heavy (non-hydrogen) atoms. The molecule has 0 bridgehead atoms. The lowest BCUT2D eigenvalue weighted by Gasteiger charge is -2.04. The number of nitrogens with zero attached hydrogens (tertiary/aromatic N) is 3. The molecule has 0 aliphatic rings. The van der Waals surface area contributed by atoms with E-state index in [0.29, 0.717) is 0 Å². The number of hydrogen-bond donors (Lipinski definition) is 0. The van der Waals surface area contributed by atoms with E-state index in [0.717, 1.165) is 16.3 Å². The van der Waals surface area contributed by atoms with E-state index in [1.54, 1.807) is 6.20 Å². The molecule has 0 atom stereocenters. The van der Waals surface area contributed by atoms with Gasteiger partial charge in [-0.25, -0.2) is 0 Å². The van der Waals surface area contributed by atoms with Crippen molar-refractivity contribution in [2.24, 2.45) is 7.05 Å². The lowest BCUT2D eigenvalue weighted by molar-refractivity contribution is 0.954. The Bertz CT molecular complexity index is 610. The Hall–Kier alpha value is -1.90. The summed E-state index contributed by atoms with van der Waals surface area (Å²) in [6, 6.07) is 8.25. The molecule has 2 heterocycles. The number of hydrogen-bond acceptors (Lipinski definition) is 2. The fourth-order valence-electron chi connectivity index (χ4n) is 1.80. The quantitative estimate of drug-likeness (QED) is 0.534. The zero-order valence-electron chi connectivity index (χ0n) is 7.81. The van der Waals surface area contributed by atoms with Crippen LogP contribution in [-0.2, 0) is 7.05 Å². The number of aromatic nitrogens is 3. The maximum atomic E-state index is 4.12. The monoisotopic (exact) mass is 183 g/mol. The van der Waals surface area contributed by atoms with Crippen LogP contribution in [0.3, 0.4) is 0 Å². The molecule has 3 aromatic rings. The van der Waals surface area contributed by atoms with Crippen molar-refractivity contribution in [2.45, 2.75) is 0 Å². The van der Waals surface area contributed by atoms with Gasteiger partial charge in [0.25, 0.3) is 0 Å². The number of pyridine rings is 1. The predicted octanol–water partition coefficient (Wildman–Crippen LogP) is 2.12. The highest BCUT2D eigenvalue weighted by molar-refractivity contribution is 6.03. The maximum Gasteiger partial charge on any atom is 0.104 e. The van der Waals surface area contributed by atoms with E-state index in [9.17, 15) is 0 Å². The minimum Gasteiger partial charge on any atom is -0.351 e. The fraction of sp³-hybridized carbons (Fsp3) is 0.0909. The fourth-order valence-corrected chi connectivity index (χ4v) is 1.80. The topological polar surface area (TPSA) is 30.7 Å². The van der Waals surface area contributed by atoms with Crippen molar-refractivity contribution < 1.29 is 0 Å². The van der Waals surface area contributed by atoms with Crippen LogP contribution in [0.4, 0.5) is 0 Å². The van der Waals surface area contributed by atoms with Gasteiger partial charge in [0.15, 0.2) is 0 Å². The van der Waals surface area contributed by atoms with Gasteiger partial charge < -0.3 is 4.57 Å². The van der Waals surface area contributed by atoms with Gasteiger partial charge in [-0.1, -0.05) is 0 Å². The Morgan fingerprint density at radius 2 is 2.14 bits per heavy atom. The van der Waals surface area contributed by atoms with Gasteiger partial charge in [-0.05, 0) is 24.3 Å². The molecular weight excluding hydrogens is 174 g/mol. The molecule has 0 unspecified atom stereocenters. The Balaban J connectivity index is 2.64. The third-order valence-electron chi connectivity index (χ3n) is 2.53. The zero-order valence-corrected chi connectivity index (χ0v) is 7.81. The molecule has 1 aromatic carbocycles. The van der Waals surface area contributed by atoms with E-state index in [4.69, 9.17) is 0 Å². The maximum absolute atomic E-state index is 4.12. The van der Waals surface area contributed by atoms with Gasteiger partial charge in [0.1, 0.15) is 5.52 Å². The molecule has 0 amide bonds. The lowest BCUT2D eigenvalue weighted by Crippen LogP contribution is -1.91. The summed E-state index contributed by atoms with van der Waals surface area (Å²) in [5.74, 6) is 0. The van der Waals surface area contributed by atoms with E-state index in [2.05, 4.69) is 33.0 Å². The molecule has 0 spiro atoms. The van der Waals surface area contributed by atoms with E-state index in [1.807, 2.05) is 19.3 Å². The molecular formula is C11H9N3. The second-order valence-corrected chi connectivity index (χ2v) is 3.40. The van der Waals surface area contributed by atoms with Crippen LogP contribution in [0, 0.1) is 0 Å². The van der Waals surface area contributed by atoms with Crippen molar-refractivity contribution in [3.63, 3.8) is 0 Å². The summed E-state index contributed by atoms with van der Waals surface area (Å²) < 4.78 is 2.09. The molecule has 2 aromatic heterocycles. The molecule has 0 aliphatic heterocycles. The molecule has 3 rings (SSSR count). The van der Waals surface area contributed by atoms with Crippen molar-refractivity contribution in [1.82, 2.24) is 14.8 Å². The summed E-state index contributed by atoms with van der Waals surface area (Å²) >= 11 is 0. The standard InChI is InChI=1S/C11H9N3/c1-14-6-2-3-9-10(14)5-4-8-7-12-13-11(8)9/h2-7H,1H3. The first kappa shape index (κ1) is 7.50. The molecule has 0 aliphatic carbocycles. The minimum absolute atomic E-state index is 0.985. The average molecular weight is 183 g/mol. The number of rotatable bonds is 0. The molecule has 0 N–H and O–H groups in total. The van der Waals surface area contributed by atoms with Crippen molar-refractivity contribution in [2.75, 3.05) is 0 Å². The first-order valence-electron chi connectivity index (χ1n) is 4.52. The van der Waals surface area contributed by atoms with Gasteiger partial charge in [0, 0.05) is 29.5 Å². The summed E-state index contributed by atoms with van der Waals surface area (Å²) in [6.07, 6.45) is 3.83. The van der Waals surface area contributed by atoms with Crippen molar-refractivity contribution >= 4 is 21.8 Å². The van der Waals surface area contributed by atoms with E-state index in [-0.39, 0.29) is 0 Å². The smallest absolute Gasteiger partial charge is 0.104 e. The van der Waals surface area contributed by atoms with E-state index in [1.165, 1.54) is 5.52 Å². The van der Waals surface area contributed by atoms with E-state index < -0.39 is 0 Å². The van der Waals surface area contributed by atoms with Crippen LogP contribution in [0.25, 0.3) is 21.8 Å². The highest BCUT2D eigenvalue weighted by Gasteiger charge is 2.03. The highest BCUT2D eigenvalue weighted by Crippen LogP contribution is 2.22. The Morgan fingerprint density at radius 3 is 3.07 bits per heavy atom. The number of aryl methyl sites for hydroxylation is 1. The second kappa shape index (κ2) is 2.54. The van der Waals surface area contributed by atoms with Crippen LogP contribution in [-0.4, -0.2) is 14.8 Å². The van der Waals surface area contributed by atoms with Gasteiger partial charge in [0.2, 0.25) is 0 Å². The van der Waals surface area contributed by atoms with Gasteiger partial charge in [-0.2, -0.15) is 5.10 Å². The van der Waals surface area contributed by atoms with Gasteiger partial charge in [-0.15, -0.1) is 5.10 Å². The average Bonchev–Trinajstić information content (AvgIpc) is 2.66. The third-order valence-corrected chi connectivity index (χ3v) is 2.53. The molecule has 0 saturated carbocycles. The van der Waals surface area contributed by atoms with Crippen LogP contribution in [0.5, 0.6) is 0 Å². The van der Waals surface area contributed by atoms with Crippen LogP contribution >= 0.6 is 0 Å². The van der Waals surface area contributed by atoms with Crippen LogP contribution < -0.4 is 0 Å². The second-order valence-electron chi connectivity index (χ2n) is 3.40. The SMILES string of the molecule is Cn1cccc2c3nncc3ccc21. The first-order chi connectivity index (χ1) is 6.86. The predicted molar refractivity (Wildman–Crippen MR) is 56.0 cm³/mol. The van der Waals surface area contributed by atoms with Crippen LogP contribution in [0.15, 0.2) is 36.7 Å². The summed E-state index contributed by atoms with van der Waals surface area (Å²) in [4.78, 5) is 0. The summed E-state index contributed by atoms with van der Waals surface area (Å²) in [5, 5.41) is 10.3. The normalized spacial score (nSPS) is 11.2. The summed E-state index contributed by atoms with van der Waals surface area (Å²) in [6.45, 7) is 0. The van der Waals surface area contributed by atoms with Gasteiger partial charge in [0.05, 0.1) is 6.20 Å². The Morgan fingerprint density at radius 1 is 1.21 bits per heavy atom. The van der Waals surface area contributed by atoms with Crippen molar-refractivity contribution in [1.29, 1.82) is 0 Å². The molecule has 3 nitrogen and oxygen atoms in total. The molecule has 3 heteroatoms. The van der Waals surface area contributed by atoms with E-state index >= 15 is 0 Å². The van der Waals surface area contributed by atoms with Gasteiger partial charge >= 0.3 is 0 Å². The molecule has 0 saturated heterocycles. The van der Waals surface area contributed by atoms with Crippen LogP contribution in [0.1, 0.15) is 0 Å². The summed E-state index contributed by atoms with van der Waals surface area (Å²) in [7, 11) is 2.03. The number of benzene rings is 1. The number of fused-ring (bicyclic) bond motifs is 3. The zero-order chi connectivity index (χ0) is 9.54. The third kappa shape index (κ3) is 0.865. The Kier molecular flexibility index (Phi) is 1.36. The van der Waals surface area contributed by atoms with Crippen molar-refractivity contribution in [3.8, 4) is 0 Å². The van der Waals surface area contributed by atoms with Gasteiger partial charge in [-0.3, -0.25) is 0 Å². The summed E-state index contributed by atoms with van der Waals surface area (Å²) in [5.41, 5.74) is 2.17. The molecule has 0 fully saturated rings. The lowest BCUT2D eigenvalue weighted by atomic mass is 10.1. The Labute approximate surface area is 81.0 Å². The van der Waals surface area contributed by atoms with Crippen LogP contribution in [0.2, 0.25) is 0 Å². The molecule has 68 valence electrons.